The minimum absolute atomic E-state index is 0.0493. The molecule has 1 saturated heterocycles. The second-order valence-corrected chi connectivity index (χ2v) is 7.27. The van der Waals surface area contributed by atoms with Gasteiger partial charge in [0.1, 0.15) is 11.4 Å². The molecular weight excluding hydrogens is 377 g/mol. The number of aryl methyl sites for hydroxylation is 1. The highest BCUT2D eigenvalue weighted by Gasteiger charge is 2.35. The fourth-order valence-corrected chi connectivity index (χ4v) is 3.69. The van der Waals surface area contributed by atoms with Crippen LogP contribution in [0.4, 0.5) is 4.39 Å². The molecule has 1 unspecified atom stereocenters. The van der Waals surface area contributed by atoms with Gasteiger partial charge in [-0.25, -0.2) is 4.39 Å². The number of thiocarbonyl (C=S) groups is 1. The van der Waals surface area contributed by atoms with Crippen LogP contribution in [0, 0.1) is 19.7 Å². The van der Waals surface area contributed by atoms with E-state index in [0.29, 0.717) is 6.42 Å². The van der Waals surface area contributed by atoms with Gasteiger partial charge in [0, 0.05) is 23.1 Å². The first-order valence-electron chi connectivity index (χ1n) is 9.10. The Kier molecular flexibility index (Phi) is 5.47. The lowest BCUT2D eigenvalue weighted by atomic mass is 10.1. The summed E-state index contributed by atoms with van der Waals surface area (Å²) in [4.78, 5) is 26.8. The number of nitrogens with zero attached hydrogens (tertiary/aromatic N) is 2. The van der Waals surface area contributed by atoms with E-state index in [9.17, 15) is 14.0 Å². The van der Waals surface area contributed by atoms with Crippen molar-refractivity contribution < 1.29 is 14.0 Å². The highest BCUT2D eigenvalue weighted by molar-refractivity contribution is 7.80. The first-order valence-corrected chi connectivity index (χ1v) is 9.50. The Morgan fingerprint density at radius 2 is 1.86 bits per heavy atom. The molecule has 2 heterocycles. The predicted octanol–water partition coefficient (Wildman–Crippen LogP) is 3.66. The van der Waals surface area contributed by atoms with Gasteiger partial charge in [-0.1, -0.05) is 6.92 Å². The molecule has 1 aromatic heterocycles. The summed E-state index contributed by atoms with van der Waals surface area (Å²) < 4.78 is 15.2. The number of hydrogen-bond donors (Lipinski definition) is 1. The second-order valence-electron chi connectivity index (χ2n) is 6.89. The van der Waals surface area contributed by atoms with E-state index in [4.69, 9.17) is 12.2 Å². The van der Waals surface area contributed by atoms with Gasteiger partial charge in [0.15, 0.2) is 5.11 Å². The van der Waals surface area contributed by atoms with Gasteiger partial charge in [-0.15, -0.1) is 0 Å². The lowest BCUT2D eigenvalue weighted by molar-refractivity contribution is -0.130. The third-order valence-corrected chi connectivity index (χ3v) is 5.32. The molecule has 3 rings (SSSR count). The van der Waals surface area contributed by atoms with Crippen LogP contribution in [0.5, 0.6) is 0 Å². The first-order chi connectivity index (χ1) is 13.2. The largest absolute Gasteiger partial charge is 0.318 e. The van der Waals surface area contributed by atoms with Gasteiger partial charge in [-0.3, -0.25) is 19.8 Å². The Bertz CT molecular complexity index is 992. The number of benzene rings is 1. The fourth-order valence-electron chi connectivity index (χ4n) is 3.33. The average molecular weight is 399 g/mol. The Labute approximate surface area is 168 Å². The summed E-state index contributed by atoms with van der Waals surface area (Å²) >= 11 is 5.18. The van der Waals surface area contributed by atoms with Gasteiger partial charge in [0.05, 0.1) is 0 Å². The molecule has 7 heteroatoms. The predicted molar refractivity (Wildman–Crippen MR) is 111 cm³/mol. The van der Waals surface area contributed by atoms with Crippen LogP contribution in [0.3, 0.4) is 0 Å². The average Bonchev–Trinajstić information content (AvgIpc) is 2.92. The third kappa shape index (κ3) is 3.49. The monoisotopic (exact) mass is 399 g/mol. The van der Waals surface area contributed by atoms with E-state index < -0.39 is 11.8 Å². The van der Waals surface area contributed by atoms with Crippen LogP contribution < -0.4 is 5.32 Å². The normalized spacial score (nSPS) is 17.2. The summed E-state index contributed by atoms with van der Waals surface area (Å²) in [5, 5.41) is 2.74. The van der Waals surface area contributed by atoms with Crippen molar-refractivity contribution in [1.82, 2.24) is 14.8 Å². The molecule has 0 spiro atoms. The molecule has 0 bridgehead atoms. The number of aromatic nitrogens is 1. The van der Waals surface area contributed by atoms with Gasteiger partial charge in [0.2, 0.25) is 0 Å². The van der Waals surface area contributed by atoms with Gasteiger partial charge in [-0.05, 0) is 81.4 Å². The number of carbonyl (C=O) groups is 2. The van der Waals surface area contributed by atoms with Crippen LogP contribution in [-0.2, 0) is 9.59 Å². The maximum absolute atomic E-state index is 13.3. The summed E-state index contributed by atoms with van der Waals surface area (Å²) in [7, 11) is 0. The summed E-state index contributed by atoms with van der Waals surface area (Å²) in [6.07, 6.45) is 2.31. The lowest BCUT2D eigenvalue weighted by Crippen LogP contribution is -2.56. The van der Waals surface area contributed by atoms with Crippen LogP contribution in [0.1, 0.15) is 37.2 Å². The molecule has 146 valence electrons. The van der Waals surface area contributed by atoms with E-state index in [0.717, 1.165) is 22.6 Å². The maximum atomic E-state index is 13.3. The minimum atomic E-state index is -0.499. The van der Waals surface area contributed by atoms with Gasteiger partial charge in [-0.2, -0.15) is 0 Å². The summed E-state index contributed by atoms with van der Waals surface area (Å²) in [6.45, 7) is 7.66. The maximum Gasteiger partial charge on any atom is 0.265 e. The molecule has 1 aliphatic heterocycles. The standard InChI is InChI=1S/C21H22FN3O2S/c1-5-12(2)25-20(27)18(19(26)23-21(25)28)11-15-10-13(3)24(14(15)4)17-8-6-16(22)7-9-17/h6-12H,5H2,1-4H3,(H,23,26,28). The van der Waals surface area contributed by atoms with Crippen LogP contribution in [0.15, 0.2) is 35.9 Å². The molecular formula is C21H22FN3O2S. The van der Waals surface area contributed by atoms with Crippen molar-refractivity contribution in [3.63, 3.8) is 0 Å². The van der Waals surface area contributed by atoms with Crippen LogP contribution >= 0.6 is 12.2 Å². The number of amides is 2. The molecule has 0 radical (unpaired) electrons. The van der Waals surface area contributed by atoms with Crippen LogP contribution in [-0.4, -0.2) is 32.4 Å². The fraction of sp³-hybridized carbons (Fsp3) is 0.286. The topological polar surface area (TPSA) is 54.3 Å². The zero-order valence-electron chi connectivity index (χ0n) is 16.2. The van der Waals surface area contributed by atoms with Crippen molar-refractivity contribution in [1.29, 1.82) is 0 Å². The molecule has 1 atom stereocenters. The number of rotatable bonds is 4. The van der Waals surface area contributed by atoms with Gasteiger partial charge < -0.3 is 4.57 Å². The zero-order valence-corrected chi connectivity index (χ0v) is 17.1. The Balaban J connectivity index is 2.04. The molecule has 5 nitrogen and oxygen atoms in total. The molecule has 1 aliphatic rings. The highest BCUT2D eigenvalue weighted by Crippen LogP contribution is 2.25. The number of halogens is 1. The molecule has 0 saturated carbocycles. The molecule has 2 aromatic rings. The molecule has 1 aromatic carbocycles. The minimum Gasteiger partial charge on any atom is -0.318 e. The second kappa shape index (κ2) is 7.67. The van der Waals surface area contributed by atoms with E-state index in [1.165, 1.54) is 17.0 Å². The van der Waals surface area contributed by atoms with Crippen molar-refractivity contribution in [2.45, 2.75) is 40.2 Å². The Morgan fingerprint density at radius 1 is 1.21 bits per heavy atom. The zero-order chi connectivity index (χ0) is 20.6. The number of hydrogen-bond acceptors (Lipinski definition) is 3. The van der Waals surface area contributed by atoms with Crippen molar-refractivity contribution in [3.05, 3.63) is 58.7 Å². The quantitative estimate of drug-likeness (QED) is 0.485. The highest BCUT2D eigenvalue weighted by atomic mass is 32.1. The number of nitrogens with one attached hydrogen (secondary N) is 1. The van der Waals surface area contributed by atoms with E-state index in [1.807, 2.05) is 38.3 Å². The van der Waals surface area contributed by atoms with Gasteiger partial charge in [0.25, 0.3) is 11.8 Å². The van der Waals surface area contributed by atoms with Crippen LogP contribution in [0.25, 0.3) is 11.8 Å². The molecule has 2 amide bonds. The van der Waals surface area contributed by atoms with E-state index in [-0.39, 0.29) is 22.5 Å². The summed E-state index contributed by atoms with van der Waals surface area (Å²) in [5.74, 6) is -1.20. The molecule has 1 N–H and O–H groups in total. The van der Waals surface area contributed by atoms with Crippen molar-refractivity contribution >= 4 is 35.2 Å². The van der Waals surface area contributed by atoms with Gasteiger partial charge >= 0.3 is 0 Å². The molecule has 1 fully saturated rings. The lowest BCUT2D eigenvalue weighted by Gasteiger charge is -2.33. The van der Waals surface area contributed by atoms with Crippen molar-refractivity contribution in [3.8, 4) is 5.69 Å². The van der Waals surface area contributed by atoms with E-state index in [1.54, 1.807) is 18.2 Å². The van der Waals surface area contributed by atoms with Crippen molar-refractivity contribution in [2.75, 3.05) is 0 Å². The smallest absolute Gasteiger partial charge is 0.265 e. The van der Waals surface area contributed by atoms with Crippen molar-refractivity contribution in [2.24, 2.45) is 0 Å². The van der Waals surface area contributed by atoms with Crippen LogP contribution in [0.2, 0.25) is 0 Å². The van der Waals surface area contributed by atoms with E-state index >= 15 is 0 Å². The Hall–Kier alpha value is -2.80. The summed E-state index contributed by atoms with van der Waals surface area (Å²) in [5.41, 5.74) is 3.36. The molecule has 28 heavy (non-hydrogen) atoms. The van der Waals surface area contributed by atoms with E-state index in [2.05, 4.69) is 5.32 Å². The molecule has 0 aliphatic carbocycles. The third-order valence-electron chi connectivity index (χ3n) is 5.02. The SMILES string of the molecule is CCC(C)N1C(=O)C(=Cc2cc(C)n(-c3ccc(F)cc3)c2C)C(=O)NC1=S. The summed E-state index contributed by atoms with van der Waals surface area (Å²) in [6, 6.07) is 7.95. The number of carbonyl (C=O) groups excluding carboxylic acids is 2. The first kappa shape index (κ1) is 19.9. The Morgan fingerprint density at radius 3 is 2.46 bits per heavy atom.